The smallest absolute Gasteiger partial charge is 0.0510 e. The maximum absolute atomic E-state index is 6.03. The minimum Gasteiger partial charge on any atom is -0.399 e. The molecule has 92 valence electrons. The molecule has 1 heterocycles. The maximum Gasteiger partial charge on any atom is 0.0510 e. The molecule has 0 radical (unpaired) electrons. The Morgan fingerprint density at radius 2 is 2.17 bits per heavy atom. The summed E-state index contributed by atoms with van der Waals surface area (Å²) in [5, 5.41) is 0. The molecule has 0 aliphatic heterocycles. The zero-order chi connectivity index (χ0) is 12.5. The molecule has 2 heteroatoms. The van der Waals surface area contributed by atoms with E-state index in [4.69, 9.17) is 5.73 Å². The van der Waals surface area contributed by atoms with Crippen LogP contribution in [0.25, 0.3) is 0 Å². The second-order valence-electron chi connectivity index (χ2n) is 5.11. The lowest BCUT2D eigenvalue weighted by Crippen LogP contribution is -2.13. The number of aryl methyl sites for hydroxylation is 2. The van der Waals surface area contributed by atoms with Crippen molar-refractivity contribution >= 4 is 5.69 Å². The number of nitrogens with two attached hydrogens (primary N) is 1. The van der Waals surface area contributed by atoms with E-state index in [2.05, 4.69) is 29.2 Å². The van der Waals surface area contributed by atoms with E-state index in [0.29, 0.717) is 5.92 Å². The van der Waals surface area contributed by atoms with Gasteiger partial charge in [-0.05, 0) is 55.0 Å². The standard InChI is InChI=1S/C16H18N2/c1-11-7-8-13(10-15(11)17)14-6-2-4-12-5-3-9-18-16(12)14/h3,5,7-10,14H,2,4,6,17H2,1H3. The predicted molar refractivity (Wildman–Crippen MR) is 74.6 cm³/mol. The van der Waals surface area contributed by atoms with Gasteiger partial charge < -0.3 is 5.73 Å². The molecular formula is C16H18N2. The van der Waals surface area contributed by atoms with Crippen LogP contribution in [-0.2, 0) is 6.42 Å². The molecule has 1 aromatic carbocycles. The fraction of sp³-hybridized carbons (Fsp3) is 0.312. The van der Waals surface area contributed by atoms with E-state index in [1.165, 1.54) is 29.7 Å². The second kappa shape index (κ2) is 4.45. The summed E-state index contributed by atoms with van der Waals surface area (Å²) in [7, 11) is 0. The number of anilines is 1. The topological polar surface area (TPSA) is 38.9 Å². The van der Waals surface area contributed by atoms with E-state index in [9.17, 15) is 0 Å². The summed E-state index contributed by atoms with van der Waals surface area (Å²) >= 11 is 0. The Morgan fingerprint density at radius 1 is 1.28 bits per heavy atom. The SMILES string of the molecule is Cc1ccc(C2CCCc3cccnc32)cc1N. The molecule has 0 saturated heterocycles. The highest BCUT2D eigenvalue weighted by atomic mass is 14.7. The molecule has 1 aliphatic carbocycles. The summed E-state index contributed by atoms with van der Waals surface area (Å²) in [6.07, 6.45) is 5.46. The highest BCUT2D eigenvalue weighted by Gasteiger charge is 2.22. The number of pyridine rings is 1. The number of nitrogen functional groups attached to an aromatic ring is 1. The minimum atomic E-state index is 0.415. The molecule has 0 saturated carbocycles. The molecule has 1 aromatic heterocycles. The highest BCUT2D eigenvalue weighted by molar-refractivity contribution is 5.50. The van der Waals surface area contributed by atoms with E-state index in [0.717, 1.165) is 17.7 Å². The number of nitrogens with zero attached hydrogens (tertiary/aromatic N) is 1. The summed E-state index contributed by atoms with van der Waals surface area (Å²) in [6, 6.07) is 10.7. The predicted octanol–water partition coefficient (Wildman–Crippen LogP) is 3.44. The molecule has 1 unspecified atom stereocenters. The molecule has 18 heavy (non-hydrogen) atoms. The van der Waals surface area contributed by atoms with Gasteiger partial charge in [0.2, 0.25) is 0 Å². The van der Waals surface area contributed by atoms with Crippen LogP contribution in [0.2, 0.25) is 0 Å². The van der Waals surface area contributed by atoms with E-state index in [-0.39, 0.29) is 0 Å². The summed E-state index contributed by atoms with van der Waals surface area (Å²) in [5.74, 6) is 0.415. The molecule has 2 aromatic rings. The van der Waals surface area contributed by atoms with E-state index < -0.39 is 0 Å². The van der Waals surface area contributed by atoms with Gasteiger partial charge in [0, 0.05) is 17.8 Å². The summed E-state index contributed by atoms with van der Waals surface area (Å²) < 4.78 is 0. The third-order valence-electron chi connectivity index (χ3n) is 3.90. The van der Waals surface area contributed by atoms with Gasteiger partial charge in [-0.3, -0.25) is 4.98 Å². The molecule has 2 N–H and O–H groups in total. The summed E-state index contributed by atoms with van der Waals surface area (Å²) in [4.78, 5) is 4.59. The number of aromatic nitrogens is 1. The molecule has 3 rings (SSSR count). The van der Waals surface area contributed by atoms with Crippen LogP contribution in [0.1, 0.15) is 41.1 Å². The number of rotatable bonds is 1. The van der Waals surface area contributed by atoms with Crippen LogP contribution in [0, 0.1) is 6.92 Å². The maximum atomic E-state index is 6.03. The van der Waals surface area contributed by atoms with Crippen LogP contribution < -0.4 is 5.73 Å². The van der Waals surface area contributed by atoms with Gasteiger partial charge >= 0.3 is 0 Å². The monoisotopic (exact) mass is 238 g/mol. The molecule has 0 amide bonds. The summed E-state index contributed by atoms with van der Waals surface area (Å²) in [5.41, 5.74) is 12.0. The van der Waals surface area contributed by atoms with Crippen LogP contribution in [0.5, 0.6) is 0 Å². The van der Waals surface area contributed by atoms with Gasteiger partial charge in [0.15, 0.2) is 0 Å². The first-order valence-corrected chi connectivity index (χ1v) is 6.55. The van der Waals surface area contributed by atoms with Gasteiger partial charge in [0.25, 0.3) is 0 Å². The van der Waals surface area contributed by atoms with E-state index in [1.54, 1.807) is 0 Å². The Morgan fingerprint density at radius 3 is 3.00 bits per heavy atom. The first-order valence-electron chi connectivity index (χ1n) is 6.55. The van der Waals surface area contributed by atoms with Crippen molar-refractivity contribution in [2.45, 2.75) is 32.1 Å². The zero-order valence-corrected chi connectivity index (χ0v) is 10.7. The van der Waals surface area contributed by atoms with Crippen molar-refractivity contribution in [2.24, 2.45) is 0 Å². The lowest BCUT2D eigenvalue weighted by Gasteiger charge is -2.25. The Kier molecular flexibility index (Phi) is 2.78. The van der Waals surface area contributed by atoms with Crippen LogP contribution >= 0.6 is 0 Å². The van der Waals surface area contributed by atoms with Gasteiger partial charge in [-0.2, -0.15) is 0 Å². The minimum absolute atomic E-state index is 0.415. The third kappa shape index (κ3) is 1.88. The molecule has 0 fully saturated rings. The first-order chi connectivity index (χ1) is 8.75. The lowest BCUT2D eigenvalue weighted by atomic mass is 9.82. The third-order valence-corrected chi connectivity index (χ3v) is 3.90. The zero-order valence-electron chi connectivity index (χ0n) is 10.7. The average Bonchev–Trinajstić information content (AvgIpc) is 2.41. The fourth-order valence-electron chi connectivity index (χ4n) is 2.81. The molecule has 0 bridgehead atoms. The molecule has 0 spiro atoms. The normalized spacial score (nSPS) is 18.4. The Labute approximate surface area is 108 Å². The first kappa shape index (κ1) is 11.3. The highest BCUT2D eigenvalue weighted by Crippen LogP contribution is 2.36. The van der Waals surface area contributed by atoms with Crippen LogP contribution in [0.4, 0.5) is 5.69 Å². The number of fused-ring (bicyclic) bond motifs is 1. The van der Waals surface area contributed by atoms with Gasteiger partial charge in [-0.1, -0.05) is 18.2 Å². The van der Waals surface area contributed by atoms with Crippen molar-refractivity contribution in [3.8, 4) is 0 Å². The van der Waals surface area contributed by atoms with Gasteiger partial charge in [-0.15, -0.1) is 0 Å². The molecule has 1 aliphatic rings. The Balaban J connectivity index is 2.05. The van der Waals surface area contributed by atoms with E-state index in [1.807, 2.05) is 19.2 Å². The number of hydrogen-bond acceptors (Lipinski definition) is 2. The van der Waals surface area contributed by atoms with Gasteiger partial charge in [0.1, 0.15) is 0 Å². The molecular weight excluding hydrogens is 220 g/mol. The largest absolute Gasteiger partial charge is 0.399 e. The lowest BCUT2D eigenvalue weighted by molar-refractivity contribution is 0.599. The molecule has 2 nitrogen and oxygen atoms in total. The Hall–Kier alpha value is -1.83. The van der Waals surface area contributed by atoms with Crippen molar-refractivity contribution in [1.82, 2.24) is 4.98 Å². The molecule has 1 atom stereocenters. The Bertz CT molecular complexity index is 575. The van der Waals surface area contributed by atoms with Gasteiger partial charge in [-0.25, -0.2) is 0 Å². The van der Waals surface area contributed by atoms with Crippen molar-refractivity contribution in [1.29, 1.82) is 0 Å². The van der Waals surface area contributed by atoms with Crippen molar-refractivity contribution in [3.05, 3.63) is 58.9 Å². The van der Waals surface area contributed by atoms with Gasteiger partial charge in [0.05, 0.1) is 5.69 Å². The van der Waals surface area contributed by atoms with Crippen molar-refractivity contribution in [3.63, 3.8) is 0 Å². The van der Waals surface area contributed by atoms with E-state index >= 15 is 0 Å². The van der Waals surface area contributed by atoms with Crippen LogP contribution in [0.15, 0.2) is 36.5 Å². The number of hydrogen-bond donors (Lipinski definition) is 1. The van der Waals surface area contributed by atoms with Crippen molar-refractivity contribution in [2.75, 3.05) is 5.73 Å². The number of benzene rings is 1. The van der Waals surface area contributed by atoms with Crippen LogP contribution in [0.3, 0.4) is 0 Å². The van der Waals surface area contributed by atoms with Crippen LogP contribution in [-0.4, -0.2) is 4.98 Å². The average molecular weight is 238 g/mol. The second-order valence-corrected chi connectivity index (χ2v) is 5.11. The van der Waals surface area contributed by atoms with Crippen molar-refractivity contribution < 1.29 is 0 Å². The summed E-state index contributed by atoms with van der Waals surface area (Å²) in [6.45, 7) is 2.05. The fourth-order valence-corrected chi connectivity index (χ4v) is 2.81. The quantitative estimate of drug-likeness (QED) is 0.773.